The van der Waals surface area contributed by atoms with Crippen LogP contribution in [-0.4, -0.2) is 19.9 Å². The van der Waals surface area contributed by atoms with Crippen LogP contribution in [0.3, 0.4) is 0 Å². The SMILES string of the molecule is N#Cc1ccc([N+](=O)[O-])cc1-n1nccn1. The summed E-state index contributed by atoms with van der Waals surface area (Å²) in [4.78, 5) is 11.2. The van der Waals surface area contributed by atoms with Crippen LogP contribution in [0.15, 0.2) is 30.6 Å². The molecule has 0 aliphatic rings. The summed E-state index contributed by atoms with van der Waals surface area (Å²) in [5.74, 6) is 0. The van der Waals surface area contributed by atoms with E-state index in [0.717, 1.165) is 0 Å². The predicted molar refractivity (Wildman–Crippen MR) is 52.7 cm³/mol. The van der Waals surface area contributed by atoms with Crippen molar-refractivity contribution in [1.29, 1.82) is 5.26 Å². The number of hydrogen-bond donors (Lipinski definition) is 0. The van der Waals surface area contributed by atoms with Gasteiger partial charge in [-0.05, 0) is 6.07 Å². The summed E-state index contributed by atoms with van der Waals surface area (Å²) in [6, 6.07) is 5.83. The van der Waals surface area contributed by atoms with Gasteiger partial charge in [-0.15, -0.1) is 0 Å². The Labute approximate surface area is 89.7 Å². The van der Waals surface area contributed by atoms with Gasteiger partial charge >= 0.3 is 0 Å². The van der Waals surface area contributed by atoms with Gasteiger partial charge in [0.2, 0.25) is 0 Å². The van der Waals surface area contributed by atoms with Crippen molar-refractivity contribution >= 4 is 5.69 Å². The topological polar surface area (TPSA) is 97.6 Å². The minimum Gasteiger partial charge on any atom is -0.258 e. The summed E-state index contributed by atoms with van der Waals surface area (Å²) in [6.07, 6.45) is 2.86. The third kappa shape index (κ3) is 1.59. The zero-order valence-electron chi connectivity index (χ0n) is 7.94. The molecular weight excluding hydrogens is 210 g/mol. The first kappa shape index (κ1) is 9.79. The second kappa shape index (κ2) is 3.78. The lowest BCUT2D eigenvalue weighted by molar-refractivity contribution is -0.384. The lowest BCUT2D eigenvalue weighted by atomic mass is 10.2. The molecule has 1 aromatic heterocycles. The third-order valence-corrected chi connectivity index (χ3v) is 1.95. The van der Waals surface area contributed by atoms with Gasteiger partial charge in [0, 0.05) is 12.1 Å². The normalized spacial score (nSPS) is 9.69. The van der Waals surface area contributed by atoms with Crippen LogP contribution in [0.5, 0.6) is 0 Å². The molecule has 0 saturated heterocycles. The molecule has 0 radical (unpaired) electrons. The average Bonchev–Trinajstić information content (AvgIpc) is 2.81. The molecular formula is C9H5N5O2. The van der Waals surface area contributed by atoms with E-state index in [-0.39, 0.29) is 11.3 Å². The summed E-state index contributed by atoms with van der Waals surface area (Å²) in [5, 5.41) is 27.1. The highest BCUT2D eigenvalue weighted by molar-refractivity contribution is 5.53. The fourth-order valence-electron chi connectivity index (χ4n) is 1.23. The molecule has 0 atom stereocenters. The quantitative estimate of drug-likeness (QED) is 0.550. The van der Waals surface area contributed by atoms with Gasteiger partial charge in [-0.3, -0.25) is 10.1 Å². The third-order valence-electron chi connectivity index (χ3n) is 1.95. The van der Waals surface area contributed by atoms with Gasteiger partial charge in [-0.1, -0.05) is 0 Å². The molecule has 0 bridgehead atoms. The van der Waals surface area contributed by atoms with Crippen molar-refractivity contribution in [1.82, 2.24) is 15.0 Å². The molecule has 7 heteroatoms. The number of nitro groups is 1. The van der Waals surface area contributed by atoms with E-state index in [9.17, 15) is 10.1 Å². The van der Waals surface area contributed by atoms with E-state index in [1.165, 1.54) is 35.4 Å². The molecule has 0 aliphatic heterocycles. The van der Waals surface area contributed by atoms with E-state index >= 15 is 0 Å². The number of rotatable bonds is 2. The van der Waals surface area contributed by atoms with Gasteiger partial charge in [0.1, 0.15) is 11.8 Å². The van der Waals surface area contributed by atoms with Crippen LogP contribution in [-0.2, 0) is 0 Å². The second-order valence-electron chi connectivity index (χ2n) is 2.89. The molecule has 0 saturated carbocycles. The Balaban J connectivity index is 2.62. The molecule has 1 aromatic carbocycles. The van der Waals surface area contributed by atoms with Gasteiger partial charge in [0.15, 0.2) is 0 Å². The smallest absolute Gasteiger partial charge is 0.258 e. The maximum Gasteiger partial charge on any atom is 0.271 e. The van der Waals surface area contributed by atoms with Gasteiger partial charge in [0.05, 0.1) is 22.9 Å². The Hall–Kier alpha value is -2.75. The summed E-state index contributed by atoms with van der Waals surface area (Å²) in [5.41, 5.74) is 0.467. The molecule has 2 aromatic rings. The standard InChI is InChI=1S/C9H5N5O2/c10-6-7-1-2-8(14(15)16)5-9(7)13-11-3-4-12-13/h1-5H. The number of nitrogens with zero attached hydrogens (tertiary/aromatic N) is 5. The van der Waals surface area contributed by atoms with E-state index in [0.29, 0.717) is 5.69 Å². The van der Waals surface area contributed by atoms with Crippen LogP contribution < -0.4 is 0 Å². The molecule has 7 nitrogen and oxygen atoms in total. The monoisotopic (exact) mass is 215 g/mol. The average molecular weight is 215 g/mol. The van der Waals surface area contributed by atoms with Gasteiger partial charge in [0.25, 0.3) is 5.69 Å². The molecule has 1 heterocycles. The predicted octanol–water partition coefficient (Wildman–Crippen LogP) is 1.05. The number of aromatic nitrogens is 3. The molecule has 2 rings (SSSR count). The number of nitriles is 1. The minimum atomic E-state index is -0.534. The number of nitro benzene ring substituents is 1. The Morgan fingerprint density at radius 1 is 1.38 bits per heavy atom. The van der Waals surface area contributed by atoms with Crippen LogP contribution in [0.2, 0.25) is 0 Å². The van der Waals surface area contributed by atoms with Crippen molar-refractivity contribution in [2.75, 3.05) is 0 Å². The maximum absolute atomic E-state index is 10.6. The molecule has 0 spiro atoms. The minimum absolute atomic E-state index is 0.105. The Morgan fingerprint density at radius 3 is 2.62 bits per heavy atom. The molecule has 16 heavy (non-hydrogen) atoms. The Kier molecular flexibility index (Phi) is 2.31. The zero-order valence-corrected chi connectivity index (χ0v) is 7.94. The number of hydrogen-bond acceptors (Lipinski definition) is 5. The van der Waals surface area contributed by atoms with Crippen molar-refractivity contribution < 1.29 is 4.92 Å². The first-order valence-electron chi connectivity index (χ1n) is 4.27. The number of benzene rings is 1. The van der Waals surface area contributed by atoms with E-state index < -0.39 is 4.92 Å². The molecule has 0 aliphatic carbocycles. The van der Waals surface area contributed by atoms with Crippen LogP contribution >= 0.6 is 0 Å². The highest BCUT2D eigenvalue weighted by Crippen LogP contribution is 2.19. The van der Waals surface area contributed by atoms with Crippen molar-refractivity contribution in [3.63, 3.8) is 0 Å². The lowest BCUT2D eigenvalue weighted by Crippen LogP contribution is -2.02. The molecule has 78 valence electrons. The van der Waals surface area contributed by atoms with E-state index in [1.54, 1.807) is 0 Å². The first-order valence-corrected chi connectivity index (χ1v) is 4.27. The van der Waals surface area contributed by atoms with Crippen LogP contribution in [0, 0.1) is 21.4 Å². The maximum atomic E-state index is 10.6. The zero-order chi connectivity index (χ0) is 11.5. The second-order valence-corrected chi connectivity index (χ2v) is 2.89. The van der Waals surface area contributed by atoms with Crippen molar-refractivity contribution in [3.05, 3.63) is 46.3 Å². The van der Waals surface area contributed by atoms with Crippen LogP contribution in [0.4, 0.5) is 5.69 Å². The fourth-order valence-corrected chi connectivity index (χ4v) is 1.23. The van der Waals surface area contributed by atoms with Gasteiger partial charge in [-0.2, -0.15) is 20.3 Å². The summed E-state index contributed by atoms with van der Waals surface area (Å²) < 4.78 is 0. The van der Waals surface area contributed by atoms with Crippen molar-refractivity contribution in [2.45, 2.75) is 0 Å². The fraction of sp³-hybridized carbons (Fsp3) is 0. The summed E-state index contributed by atoms with van der Waals surface area (Å²) in [6.45, 7) is 0. The van der Waals surface area contributed by atoms with E-state index in [2.05, 4.69) is 10.2 Å². The lowest BCUT2D eigenvalue weighted by Gasteiger charge is -2.01. The Morgan fingerprint density at radius 2 is 2.06 bits per heavy atom. The molecule has 0 N–H and O–H groups in total. The van der Waals surface area contributed by atoms with E-state index in [1.807, 2.05) is 6.07 Å². The van der Waals surface area contributed by atoms with Crippen LogP contribution in [0.1, 0.15) is 5.56 Å². The molecule has 0 amide bonds. The highest BCUT2D eigenvalue weighted by atomic mass is 16.6. The van der Waals surface area contributed by atoms with Crippen LogP contribution in [0.25, 0.3) is 5.69 Å². The molecule has 0 unspecified atom stereocenters. The van der Waals surface area contributed by atoms with E-state index in [4.69, 9.17) is 5.26 Å². The van der Waals surface area contributed by atoms with Gasteiger partial charge in [-0.25, -0.2) is 0 Å². The number of non-ortho nitro benzene ring substituents is 1. The first-order chi connectivity index (χ1) is 7.72. The summed E-state index contributed by atoms with van der Waals surface area (Å²) >= 11 is 0. The largest absolute Gasteiger partial charge is 0.271 e. The van der Waals surface area contributed by atoms with Crippen molar-refractivity contribution in [3.8, 4) is 11.8 Å². The Bertz CT molecular complexity index is 570. The molecule has 0 fully saturated rings. The summed E-state index contributed by atoms with van der Waals surface area (Å²) in [7, 11) is 0. The highest BCUT2D eigenvalue weighted by Gasteiger charge is 2.12. The van der Waals surface area contributed by atoms with Crippen molar-refractivity contribution in [2.24, 2.45) is 0 Å². The van der Waals surface area contributed by atoms with Gasteiger partial charge < -0.3 is 0 Å².